The molecule has 2 aromatic carbocycles. The number of sulfonamides is 1. The van der Waals surface area contributed by atoms with Crippen LogP contribution in [0, 0.1) is 5.21 Å². The van der Waals surface area contributed by atoms with Crippen LogP contribution in [-0.4, -0.2) is 59.2 Å². The van der Waals surface area contributed by atoms with E-state index in [1.807, 2.05) is 4.90 Å². The van der Waals surface area contributed by atoms with Crippen LogP contribution in [0.4, 0.5) is 5.69 Å². The molecule has 1 aliphatic rings. The maximum atomic E-state index is 13.8. The Morgan fingerprint density at radius 1 is 1.06 bits per heavy atom. The fourth-order valence-corrected chi connectivity index (χ4v) is 5.24. The molecule has 188 valence electrons. The maximum Gasteiger partial charge on any atom is 0.270 e. The second-order valence-electron chi connectivity index (χ2n) is 8.11. The van der Waals surface area contributed by atoms with Crippen LogP contribution in [0.25, 0.3) is 12.2 Å². The van der Waals surface area contributed by atoms with Crippen molar-refractivity contribution in [2.24, 2.45) is 0 Å². The number of para-hydroxylation sites is 1. The first-order chi connectivity index (χ1) is 17.4. The molecule has 0 bridgehead atoms. The van der Waals surface area contributed by atoms with Gasteiger partial charge in [-0.3, -0.25) is 9.69 Å². The summed E-state index contributed by atoms with van der Waals surface area (Å²) in [6.07, 6.45) is 6.22. The lowest BCUT2D eigenvalue weighted by molar-refractivity contribution is -0.605. The molecule has 9 nitrogen and oxygen atoms in total. The molecule has 0 aliphatic carbocycles. The number of nitrogens with zero attached hydrogens (tertiary/aromatic N) is 3. The van der Waals surface area contributed by atoms with E-state index < -0.39 is 15.9 Å². The Labute approximate surface area is 210 Å². The van der Waals surface area contributed by atoms with E-state index in [-0.39, 0.29) is 17.1 Å². The van der Waals surface area contributed by atoms with Gasteiger partial charge in [0.05, 0.1) is 37.5 Å². The highest BCUT2D eigenvalue weighted by molar-refractivity contribution is 7.93. The monoisotopic (exact) mass is 509 g/mol. The predicted octanol–water partition coefficient (Wildman–Crippen LogP) is 2.55. The van der Waals surface area contributed by atoms with Crippen LogP contribution in [0.3, 0.4) is 0 Å². The number of ether oxygens (including phenoxy) is 2. The molecular formula is C26H27N3O6S. The zero-order valence-electron chi connectivity index (χ0n) is 19.8. The number of carbonyl (C=O) groups excluding carboxylic acids is 1. The number of pyridine rings is 1. The smallest absolute Gasteiger partial charge is 0.270 e. The molecule has 1 aromatic heterocycles. The van der Waals surface area contributed by atoms with Crippen molar-refractivity contribution in [3.05, 3.63) is 89.4 Å². The Hall–Kier alpha value is -3.73. The summed E-state index contributed by atoms with van der Waals surface area (Å²) >= 11 is 0. The van der Waals surface area contributed by atoms with Crippen LogP contribution in [0.2, 0.25) is 0 Å². The minimum Gasteiger partial charge on any atom is -0.619 e. The number of rotatable bonds is 8. The SMILES string of the molecule is COc1ccc(S(=O)(=O)N(C(=O)CN2CCOCC2)c2ccccc2/C=C/c2cc[n+]([O-])cc2)cc1. The predicted molar refractivity (Wildman–Crippen MR) is 136 cm³/mol. The zero-order valence-corrected chi connectivity index (χ0v) is 20.6. The number of morpholine rings is 1. The van der Waals surface area contributed by atoms with Crippen molar-refractivity contribution in [3.63, 3.8) is 0 Å². The van der Waals surface area contributed by atoms with E-state index in [9.17, 15) is 18.4 Å². The second-order valence-corrected chi connectivity index (χ2v) is 9.90. The molecule has 36 heavy (non-hydrogen) atoms. The van der Waals surface area contributed by atoms with Crippen LogP contribution in [0.1, 0.15) is 11.1 Å². The quantitative estimate of drug-likeness (QED) is 0.340. The summed E-state index contributed by atoms with van der Waals surface area (Å²) in [5.74, 6) is -0.0635. The summed E-state index contributed by atoms with van der Waals surface area (Å²) in [6, 6.07) is 16.0. The molecule has 4 rings (SSSR count). The third-order valence-electron chi connectivity index (χ3n) is 5.73. The number of anilines is 1. The lowest BCUT2D eigenvalue weighted by atomic mass is 10.1. The van der Waals surface area contributed by atoms with Crippen LogP contribution in [-0.2, 0) is 19.6 Å². The average Bonchev–Trinajstić information content (AvgIpc) is 2.89. The van der Waals surface area contributed by atoms with E-state index in [0.29, 0.717) is 42.3 Å². The minimum absolute atomic E-state index is 0.0273. The number of benzene rings is 2. The van der Waals surface area contributed by atoms with E-state index in [0.717, 1.165) is 9.87 Å². The Balaban J connectivity index is 1.75. The second kappa shape index (κ2) is 11.3. The Bertz CT molecular complexity index is 1320. The van der Waals surface area contributed by atoms with Gasteiger partial charge >= 0.3 is 0 Å². The fourth-order valence-electron chi connectivity index (χ4n) is 3.80. The first kappa shape index (κ1) is 25.4. The topological polar surface area (TPSA) is 103 Å². The van der Waals surface area contributed by atoms with Gasteiger partial charge < -0.3 is 14.7 Å². The van der Waals surface area contributed by atoms with Crippen LogP contribution < -0.4 is 13.8 Å². The third kappa shape index (κ3) is 5.91. The van der Waals surface area contributed by atoms with Gasteiger partial charge in [-0.05, 0) is 41.5 Å². The summed E-state index contributed by atoms with van der Waals surface area (Å²) in [4.78, 5) is 15.4. The number of carbonyl (C=O) groups is 1. The first-order valence-corrected chi connectivity index (χ1v) is 12.8. The highest BCUT2D eigenvalue weighted by Crippen LogP contribution is 2.30. The minimum atomic E-state index is -4.25. The summed E-state index contributed by atoms with van der Waals surface area (Å²) in [7, 11) is -2.75. The number of hydrogen-bond donors (Lipinski definition) is 0. The van der Waals surface area contributed by atoms with Crippen molar-refractivity contribution in [1.82, 2.24) is 4.90 Å². The molecule has 0 unspecified atom stereocenters. The van der Waals surface area contributed by atoms with E-state index in [2.05, 4.69) is 0 Å². The zero-order chi connectivity index (χ0) is 25.5. The van der Waals surface area contributed by atoms with E-state index in [4.69, 9.17) is 9.47 Å². The van der Waals surface area contributed by atoms with Gasteiger partial charge in [0, 0.05) is 25.2 Å². The van der Waals surface area contributed by atoms with Gasteiger partial charge in [0.25, 0.3) is 15.9 Å². The van der Waals surface area contributed by atoms with Crippen molar-refractivity contribution < 1.29 is 27.4 Å². The lowest BCUT2D eigenvalue weighted by Crippen LogP contribution is -2.47. The number of aromatic nitrogens is 1. The van der Waals surface area contributed by atoms with Gasteiger partial charge in [-0.15, -0.1) is 0 Å². The van der Waals surface area contributed by atoms with E-state index in [1.165, 1.54) is 31.6 Å². The highest BCUT2D eigenvalue weighted by Gasteiger charge is 2.33. The van der Waals surface area contributed by atoms with Crippen molar-refractivity contribution in [3.8, 4) is 5.75 Å². The highest BCUT2D eigenvalue weighted by atomic mass is 32.2. The number of methoxy groups -OCH3 is 1. The van der Waals surface area contributed by atoms with Gasteiger partial charge in [-0.1, -0.05) is 30.4 Å². The molecule has 0 saturated carbocycles. The molecule has 1 saturated heterocycles. The summed E-state index contributed by atoms with van der Waals surface area (Å²) in [6.45, 7) is 1.98. The van der Waals surface area contributed by atoms with Gasteiger partial charge in [-0.25, -0.2) is 12.7 Å². The van der Waals surface area contributed by atoms with Crippen LogP contribution in [0.5, 0.6) is 5.75 Å². The third-order valence-corrected chi connectivity index (χ3v) is 7.47. The molecular weight excluding hydrogens is 482 g/mol. The summed E-state index contributed by atoms with van der Waals surface area (Å²) in [5.41, 5.74) is 1.52. The molecule has 0 N–H and O–H groups in total. The number of hydrogen-bond acceptors (Lipinski definition) is 7. The molecule has 3 aromatic rings. The molecule has 1 amide bonds. The van der Waals surface area contributed by atoms with Gasteiger partial charge in [-0.2, -0.15) is 4.73 Å². The standard InChI is InChI=1S/C26H27N3O6S/c1-34-23-8-10-24(11-9-23)36(32,33)29(26(30)20-27-16-18-35-19-17-27)25-5-3-2-4-22(25)7-6-21-12-14-28(31)15-13-21/h2-15H,16-20H2,1H3/b7-6+. The molecule has 1 fully saturated rings. The molecule has 2 heterocycles. The molecule has 10 heteroatoms. The Morgan fingerprint density at radius 3 is 2.39 bits per heavy atom. The van der Waals surface area contributed by atoms with Gasteiger partial charge in [0.1, 0.15) is 5.75 Å². The lowest BCUT2D eigenvalue weighted by Gasteiger charge is -2.30. The Morgan fingerprint density at radius 2 is 1.72 bits per heavy atom. The normalized spacial score (nSPS) is 14.6. The average molecular weight is 510 g/mol. The van der Waals surface area contributed by atoms with E-state index >= 15 is 0 Å². The van der Waals surface area contributed by atoms with Crippen LogP contribution >= 0.6 is 0 Å². The Kier molecular flexibility index (Phi) is 7.99. The van der Waals surface area contributed by atoms with Crippen molar-refractivity contribution in [1.29, 1.82) is 0 Å². The van der Waals surface area contributed by atoms with E-state index in [1.54, 1.807) is 60.7 Å². The van der Waals surface area contributed by atoms with Gasteiger partial charge in [0.2, 0.25) is 0 Å². The first-order valence-electron chi connectivity index (χ1n) is 11.4. The van der Waals surface area contributed by atoms with Crippen molar-refractivity contribution in [2.75, 3.05) is 44.3 Å². The molecule has 0 atom stereocenters. The van der Waals surface area contributed by atoms with Gasteiger partial charge in [0.15, 0.2) is 12.4 Å². The molecule has 1 aliphatic heterocycles. The maximum absolute atomic E-state index is 13.8. The van der Waals surface area contributed by atoms with Crippen molar-refractivity contribution in [2.45, 2.75) is 4.90 Å². The largest absolute Gasteiger partial charge is 0.619 e. The molecule has 0 spiro atoms. The van der Waals surface area contributed by atoms with Crippen LogP contribution in [0.15, 0.2) is 78.0 Å². The summed E-state index contributed by atoms with van der Waals surface area (Å²) < 4.78 is 39.7. The molecule has 0 radical (unpaired) electrons. The van der Waals surface area contributed by atoms with Crippen molar-refractivity contribution >= 4 is 33.8 Å². The fraction of sp³-hybridized carbons (Fsp3) is 0.231. The summed E-state index contributed by atoms with van der Waals surface area (Å²) in [5, 5.41) is 11.3. The number of amides is 1.